The number of nitrogens with one attached hydrogen (secondary N) is 1. The Morgan fingerprint density at radius 3 is 2.83 bits per heavy atom. The third kappa shape index (κ3) is 3.05. The van der Waals surface area contributed by atoms with Crippen LogP contribution in [0.25, 0.3) is 10.8 Å². The zero-order valence-electron chi connectivity index (χ0n) is 11.2. The Hall–Kier alpha value is -1.48. The highest BCUT2D eigenvalue weighted by Gasteiger charge is 2.11. The second-order valence-corrected chi connectivity index (χ2v) is 4.63. The smallest absolute Gasteiger partial charge is 0.0724 e. The maximum atomic E-state index is 4.32. The molecule has 0 fully saturated rings. The van der Waals surface area contributed by atoms with Crippen molar-refractivity contribution >= 4 is 10.8 Å². The van der Waals surface area contributed by atoms with Crippen LogP contribution in [0.2, 0.25) is 0 Å². The normalized spacial score (nSPS) is 12.8. The van der Waals surface area contributed by atoms with Gasteiger partial charge in [0.05, 0.1) is 11.9 Å². The Morgan fingerprint density at radius 2 is 2.06 bits per heavy atom. The van der Waals surface area contributed by atoms with Crippen molar-refractivity contribution in [2.24, 2.45) is 0 Å². The zero-order valence-corrected chi connectivity index (χ0v) is 11.2. The lowest BCUT2D eigenvalue weighted by Gasteiger charge is -2.17. The van der Waals surface area contributed by atoms with Gasteiger partial charge in [0.25, 0.3) is 0 Å². The molecule has 0 bridgehead atoms. The first-order valence-corrected chi connectivity index (χ1v) is 6.77. The van der Waals surface area contributed by atoms with E-state index in [1.807, 2.05) is 12.3 Å². The first-order valence-electron chi connectivity index (χ1n) is 6.77. The van der Waals surface area contributed by atoms with E-state index >= 15 is 0 Å². The maximum absolute atomic E-state index is 4.32. The van der Waals surface area contributed by atoms with Crippen molar-refractivity contribution < 1.29 is 0 Å². The van der Waals surface area contributed by atoms with Gasteiger partial charge in [0.15, 0.2) is 0 Å². The number of likely N-dealkylation sites (N-methyl/N-ethyl adjacent to an activating group) is 1. The van der Waals surface area contributed by atoms with Crippen molar-refractivity contribution in [3.63, 3.8) is 0 Å². The van der Waals surface area contributed by atoms with Gasteiger partial charge in [-0.2, -0.15) is 10.2 Å². The standard InChI is InChI=1S/C15H21N3/c1-3-7-13(16-4-2)10-15-14-9-6-5-8-12(14)11-17-18-15/h5-6,8-9,11,13,16H,3-4,7,10H2,1-2H3. The van der Waals surface area contributed by atoms with E-state index in [0.29, 0.717) is 6.04 Å². The van der Waals surface area contributed by atoms with Crippen LogP contribution in [-0.4, -0.2) is 22.8 Å². The molecule has 1 unspecified atom stereocenters. The van der Waals surface area contributed by atoms with Gasteiger partial charge in [0.1, 0.15) is 0 Å². The molecule has 0 radical (unpaired) electrons. The van der Waals surface area contributed by atoms with E-state index in [4.69, 9.17) is 0 Å². The molecule has 2 rings (SSSR count). The Bertz CT molecular complexity index is 485. The molecule has 18 heavy (non-hydrogen) atoms. The van der Waals surface area contributed by atoms with E-state index < -0.39 is 0 Å². The van der Waals surface area contributed by atoms with Gasteiger partial charge in [-0.1, -0.05) is 44.5 Å². The molecule has 2 aromatic rings. The molecule has 0 saturated carbocycles. The highest BCUT2D eigenvalue weighted by Crippen LogP contribution is 2.17. The van der Waals surface area contributed by atoms with Crippen LogP contribution in [0, 0.1) is 0 Å². The van der Waals surface area contributed by atoms with Crippen LogP contribution >= 0.6 is 0 Å². The van der Waals surface area contributed by atoms with Gasteiger partial charge in [-0.3, -0.25) is 0 Å². The Morgan fingerprint density at radius 1 is 1.22 bits per heavy atom. The summed E-state index contributed by atoms with van der Waals surface area (Å²) in [5.41, 5.74) is 1.10. The molecule has 3 nitrogen and oxygen atoms in total. The molecule has 96 valence electrons. The van der Waals surface area contributed by atoms with E-state index in [1.54, 1.807) is 0 Å². The lowest BCUT2D eigenvalue weighted by Crippen LogP contribution is -2.31. The summed E-state index contributed by atoms with van der Waals surface area (Å²) in [5, 5.41) is 14.4. The second-order valence-electron chi connectivity index (χ2n) is 4.63. The van der Waals surface area contributed by atoms with Gasteiger partial charge in [-0.25, -0.2) is 0 Å². The summed E-state index contributed by atoms with van der Waals surface area (Å²) in [6.07, 6.45) is 5.16. The number of rotatable bonds is 6. The van der Waals surface area contributed by atoms with Crippen LogP contribution in [0.1, 0.15) is 32.4 Å². The lowest BCUT2D eigenvalue weighted by atomic mass is 10.0. The molecule has 1 aromatic heterocycles. The SMILES string of the molecule is CCCC(Cc1nncc2ccccc12)NCC. The van der Waals surface area contributed by atoms with Crippen molar-refractivity contribution in [1.29, 1.82) is 0 Å². The van der Waals surface area contributed by atoms with E-state index in [1.165, 1.54) is 23.6 Å². The summed E-state index contributed by atoms with van der Waals surface area (Å²) in [5.74, 6) is 0. The third-order valence-corrected chi connectivity index (χ3v) is 3.22. The molecule has 3 heteroatoms. The topological polar surface area (TPSA) is 37.8 Å². The summed E-state index contributed by atoms with van der Waals surface area (Å²) < 4.78 is 0. The molecule has 1 heterocycles. The minimum atomic E-state index is 0.500. The number of benzene rings is 1. The van der Waals surface area contributed by atoms with Crippen LogP contribution in [0.15, 0.2) is 30.5 Å². The van der Waals surface area contributed by atoms with E-state index in [9.17, 15) is 0 Å². The molecule has 1 atom stereocenters. The summed E-state index contributed by atoms with van der Waals surface area (Å²) in [7, 11) is 0. The predicted molar refractivity (Wildman–Crippen MR) is 75.6 cm³/mol. The number of aromatic nitrogens is 2. The van der Waals surface area contributed by atoms with Gasteiger partial charge < -0.3 is 5.32 Å². The largest absolute Gasteiger partial charge is 0.314 e. The predicted octanol–water partition coefficient (Wildman–Crippen LogP) is 2.95. The Labute approximate surface area is 109 Å². The molecule has 0 amide bonds. The number of hydrogen-bond acceptors (Lipinski definition) is 3. The number of fused-ring (bicyclic) bond motifs is 1. The number of nitrogens with zero attached hydrogens (tertiary/aromatic N) is 2. The average Bonchev–Trinajstić information content (AvgIpc) is 2.40. The minimum Gasteiger partial charge on any atom is -0.314 e. The van der Waals surface area contributed by atoms with E-state index in [-0.39, 0.29) is 0 Å². The Kier molecular flexibility index (Phi) is 4.65. The molecule has 1 aromatic carbocycles. The molecular weight excluding hydrogens is 222 g/mol. The molecule has 0 aliphatic rings. The van der Waals surface area contributed by atoms with Gasteiger partial charge in [-0.05, 0) is 13.0 Å². The lowest BCUT2D eigenvalue weighted by molar-refractivity contribution is 0.481. The molecule has 0 saturated heterocycles. The van der Waals surface area contributed by atoms with Crippen molar-refractivity contribution in [1.82, 2.24) is 15.5 Å². The molecule has 1 N–H and O–H groups in total. The van der Waals surface area contributed by atoms with Crippen LogP contribution in [-0.2, 0) is 6.42 Å². The fraction of sp³-hybridized carbons (Fsp3) is 0.467. The fourth-order valence-corrected chi connectivity index (χ4v) is 2.38. The summed E-state index contributed by atoms with van der Waals surface area (Å²) in [6.45, 7) is 5.37. The van der Waals surface area contributed by atoms with Crippen LogP contribution in [0.5, 0.6) is 0 Å². The fourth-order valence-electron chi connectivity index (χ4n) is 2.38. The first kappa shape index (κ1) is 13.0. The van der Waals surface area contributed by atoms with Crippen molar-refractivity contribution in [2.75, 3.05) is 6.54 Å². The summed E-state index contributed by atoms with van der Waals surface area (Å²) in [4.78, 5) is 0. The average molecular weight is 243 g/mol. The van der Waals surface area contributed by atoms with Crippen molar-refractivity contribution in [2.45, 2.75) is 39.2 Å². The molecular formula is C15H21N3. The highest BCUT2D eigenvalue weighted by molar-refractivity contribution is 5.83. The van der Waals surface area contributed by atoms with Gasteiger partial charge in [-0.15, -0.1) is 0 Å². The molecule has 0 aliphatic carbocycles. The van der Waals surface area contributed by atoms with Gasteiger partial charge in [0, 0.05) is 23.2 Å². The van der Waals surface area contributed by atoms with Crippen molar-refractivity contribution in [3.8, 4) is 0 Å². The van der Waals surface area contributed by atoms with E-state index in [2.05, 4.69) is 47.6 Å². The molecule has 0 aliphatic heterocycles. The monoisotopic (exact) mass is 243 g/mol. The summed E-state index contributed by atoms with van der Waals surface area (Å²) >= 11 is 0. The number of hydrogen-bond donors (Lipinski definition) is 1. The van der Waals surface area contributed by atoms with Crippen LogP contribution in [0.4, 0.5) is 0 Å². The highest BCUT2D eigenvalue weighted by atomic mass is 15.1. The van der Waals surface area contributed by atoms with Crippen molar-refractivity contribution in [3.05, 3.63) is 36.2 Å². The maximum Gasteiger partial charge on any atom is 0.0724 e. The van der Waals surface area contributed by atoms with Crippen LogP contribution in [0.3, 0.4) is 0 Å². The minimum absolute atomic E-state index is 0.500. The second kappa shape index (κ2) is 6.45. The van der Waals surface area contributed by atoms with Gasteiger partial charge in [0.2, 0.25) is 0 Å². The quantitative estimate of drug-likeness (QED) is 0.847. The summed E-state index contributed by atoms with van der Waals surface area (Å²) in [6, 6.07) is 8.83. The third-order valence-electron chi connectivity index (χ3n) is 3.22. The first-order chi connectivity index (χ1) is 8.85. The van der Waals surface area contributed by atoms with Gasteiger partial charge >= 0.3 is 0 Å². The zero-order chi connectivity index (χ0) is 12.8. The molecule has 0 spiro atoms. The van der Waals surface area contributed by atoms with Crippen LogP contribution < -0.4 is 5.32 Å². The van der Waals surface area contributed by atoms with E-state index in [0.717, 1.165) is 18.7 Å². The Balaban J connectivity index is 2.24.